The number of amides is 2. The van der Waals surface area contributed by atoms with Gasteiger partial charge in [-0.05, 0) is 51.9 Å². The number of rotatable bonds is 2. The molecule has 0 saturated carbocycles. The van der Waals surface area contributed by atoms with Crippen molar-refractivity contribution >= 4 is 29.1 Å². The van der Waals surface area contributed by atoms with Gasteiger partial charge in [0.2, 0.25) is 11.8 Å². The fraction of sp³-hybridized carbons (Fsp3) is 0.259. The highest BCUT2D eigenvalue weighted by molar-refractivity contribution is 6.31. The molecule has 0 spiro atoms. The lowest BCUT2D eigenvalue weighted by molar-refractivity contribution is -0.122. The Morgan fingerprint density at radius 1 is 0.742 bits per heavy atom. The number of imide groups is 1. The van der Waals surface area contributed by atoms with Crippen molar-refractivity contribution in [3.63, 3.8) is 0 Å². The largest absolute Gasteiger partial charge is 0.274 e. The Morgan fingerprint density at radius 3 is 1.97 bits per heavy atom. The molecule has 1 aliphatic heterocycles. The molecule has 0 unspecified atom stereocenters. The van der Waals surface area contributed by atoms with Crippen molar-refractivity contribution in [2.45, 2.75) is 31.6 Å². The van der Waals surface area contributed by atoms with Gasteiger partial charge < -0.3 is 0 Å². The van der Waals surface area contributed by atoms with Gasteiger partial charge >= 0.3 is 0 Å². The molecule has 3 aromatic carbocycles. The minimum Gasteiger partial charge on any atom is -0.274 e. The molecule has 3 aliphatic carbocycles. The van der Waals surface area contributed by atoms with Gasteiger partial charge in [-0.1, -0.05) is 74.0 Å². The summed E-state index contributed by atoms with van der Waals surface area (Å²) >= 11 is 6.19. The number of hydrogen-bond acceptors (Lipinski definition) is 2. The summed E-state index contributed by atoms with van der Waals surface area (Å²) in [6.45, 7) is 4.37. The first-order chi connectivity index (χ1) is 15.0. The molecule has 2 amide bonds. The molecule has 2 bridgehead atoms. The molecule has 3 aromatic rings. The molecule has 4 heteroatoms. The Hall–Kier alpha value is -2.91. The van der Waals surface area contributed by atoms with E-state index >= 15 is 0 Å². The van der Waals surface area contributed by atoms with Crippen LogP contribution in [0.5, 0.6) is 0 Å². The average Bonchev–Trinajstić information content (AvgIpc) is 3.04. The van der Waals surface area contributed by atoms with E-state index in [0.717, 1.165) is 0 Å². The van der Waals surface area contributed by atoms with Crippen LogP contribution < -0.4 is 4.90 Å². The van der Waals surface area contributed by atoms with E-state index in [-0.39, 0.29) is 35.5 Å². The second-order valence-electron chi connectivity index (χ2n) is 9.17. The number of benzene rings is 3. The van der Waals surface area contributed by atoms with Crippen LogP contribution in [0.25, 0.3) is 0 Å². The van der Waals surface area contributed by atoms with Gasteiger partial charge in [0, 0.05) is 16.9 Å². The van der Waals surface area contributed by atoms with Crippen LogP contribution in [-0.4, -0.2) is 11.8 Å². The maximum Gasteiger partial charge on any atom is 0.238 e. The topological polar surface area (TPSA) is 37.4 Å². The van der Waals surface area contributed by atoms with E-state index < -0.39 is 0 Å². The third-order valence-electron chi connectivity index (χ3n) is 7.30. The summed E-state index contributed by atoms with van der Waals surface area (Å²) in [5, 5.41) is 0.518. The summed E-state index contributed by atoms with van der Waals surface area (Å²) in [4.78, 5) is 28.8. The third-order valence-corrected chi connectivity index (χ3v) is 7.53. The molecule has 1 fully saturated rings. The summed E-state index contributed by atoms with van der Waals surface area (Å²) in [6, 6.07) is 22.0. The lowest BCUT2D eigenvalue weighted by Gasteiger charge is -2.46. The van der Waals surface area contributed by atoms with Gasteiger partial charge in [0.1, 0.15) is 0 Å². The van der Waals surface area contributed by atoms with Crippen LogP contribution in [0, 0.1) is 11.8 Å². The van der Waals surface area contributed by atoms with Gasteiger partial charge in [-0.2, -0.15) is 0 Å². The van der Waals surface area contributed by atoms with Crippen molar-refractivity contribution < 1.29 is 9.59 Å². The number of nitrogens with zero attached hydrogens (tertiary/aromatic N) is 1. The van der Waals surface area contributed by atoms with Crippen molar-refractivity contribution in [1.82, 2.24) is 0 Å². The van der Waals surface area contributed by atoms with Gasteiger partial charge in [-0.3, -0.25) is 9.59 Å². The number of anilines is 1. The van der Waals surface area contributed by atoms with Crippen LogP contribution >= 0.6 is 11.6 Å². The number of carbonyl (C=O) groups excluding carboxylic acids is 2. The zero-order valence-corrected chi connectivity index (χ0v) is 18.1. The SMILES string of the molecule is CC(C)c1ccc2c(c1)[C@@H]1c3ccccc3[C@@H]2[C@@H]2C(=O)N(c3cccc(Cl)c3)C(=O)[C@H]12. The van der Waals surface area contributed by atoms with E-state index in [9.17, 15) is 9.59 Å². The van der Waals surface area contributed by atoms with Crippen LogP contribution in [0.2, 0.25) is 5.02 Å². The molecular formula is C27H22ClNO2. The minimum atomic E-state index is -0.374. The van der Waals surface area contributed by atoms with Gasteiger partial charge in [0.15, 0.2) is 0 Å². The quantitative estimate of drug-likeness (QED) is 0.480. The number of carbonyl (C=O) groups is 2. The molecule has 4 atom stereocenters. The zero-order valence-electron chi connectivity index (χ0n) is 17.4. The predicted molar refractivity (Wildman–Crippen MR) is 122 cm³/mol. The van der Waals surface area contributed by atoms with Gasteiger partial charge in [0.25, 0.3) is 0 Å². The van der Waals surface area contributed by atoms with Gasteiger partial charge in [-0.15, -0.1) is 0 Å². The lowest BCUT2D eigenvalue weighted by atomic mass is 9.54. The zero-order chi connectivity index (χ0) is 21.4. The van der Waals surface area contributed by atoms with Crippen LogP contribution in [0.4, 0.5) is 5.69 Å². The molecular weight excluding hydrogens is 406 g/mol. The molecule has 31 heavy (non-hydrogen) atoms. The lowest BCUT2D eigenvalue weighted by Crippen LogP contribution is -2.41. The first-order valence-corrected chi connectivity index (χ1v) is 11.2. The molecule has 0 radical (unpaired) electrons. The smallest absolute Gasteiger partial charge is 0.238 e. The van der Waals surface area contributed by atoms with E-state index in [1.54, 1.807) is 24.3 Å². The molecule has 4 aliphatic rings. The second-order valence-corrected chi connectivity index (χ2v) is 9.61. The minimum absolute atomic E-state index is 0.0944. The molecule has 1 heterocycles. The highest BCUT2D eigenvalue weighted by Crippen LogP contribution is 2.61. The van der Waals surface area contributed by atoms with Crippen molar-refractivity contribution in [2.75, 3.05) is 4.90 Å². The third kappa shape index (κ3) is 2.47. The van der Waals surface area contributed by atoms with E-state index in [1.807, 2.05) is 12.1 Å². The maximum atomic E-state index is 13.8. The van der Waals surface area contributed by atoms with E-state index in [4.69, 9.17) is 11.6 Å². The van der Waals surface area contributed by atoms with Crippen LogP contribution in [0.1, 0.15) is 59.4 Å². The highest BCUT2D eigenvalue weighted by Gasteiger charge is 2.61. The van der Waals surface area contributed by atoms with Crippen molar-refractivity contribution in [2.24, 2.45) is 11.8 Å². The Balaban J connectivity index is 1.57. The monoisotopic (exact) mass is 427 g/mol. The molecule has 1 saturated heterocycles. The summed E-state index contributed by atoms with van der Waals surface area (Å²) in [5.41, 5.74) is 6.62. The van der Waals surface area contributed by atoms with E-state index in [2.05, 4.69) is 44.2 Å². The first kappa shape index (κ1) is 18.8. The molecule has 154 valence electrons. The van der Waals surface area contributed by atoms with Crippen molar-refractivity contribution in [1.29, 1.82) is 0 Å². The Bertz CT molecular complexity index is 1260. The molecule has 0 aromatic heterocycles. The van der Waals surface area contributed by atoms with Crippen LogP contribution in [-0.2, 0) is 9.59 Å². The van der Waals surface area contributed by atoms with E-state index in [0.29, 0.717) is 16.6 Å². The normalized spacial score (nSPS) is 25.6. The predicted octanol–water partition coefficient (Wildman–Crippen LogP) is 5.86. The maximum absolute atomic E-state index is 13.8. The highest BCUT2D eigenvalue weighted by atomic mass is 35.5. The molecule has 7 rings (SSSR count). The summed E-state index contributed by atoms with van der Waals surface area (Å²) in [5.74, 6) is -0.753. The van der Waals surface area contributed by atoms with Crippen molar-refractivity contribution in [3.8, 4) is 0 Å². The first-order valence-electron chi connectivity index (χ1n) is 10.8. The van der Waals surface area contributed by atoms with Crippen molar-refractivity contribution in [3.05, 3.63) is 99.6 Å². The standard InChI is InChI=1S/C27H22ClNO2/c1-14(2)15-10-11-20-21(12-15)23-19-9-4-3-8-18(19)22(20)24-25(23)27(31)29(26(24)30)17-7-5-6-16(28)13-17/h3-14,22-25H,1-2H3/t22-,23-,24-,25+/m0/s1. The fourth-order valence-corrected chi connectivity index (χ4v) is 6.16. The summed E-state index contributed by atoms with van der Waals surface area (Å²) in [6.07, 6.45) is 0. The Labute approximate surface area is 186 Å². The molecule has 0 N–H and O–H groups in total. The number of hydrogen-bond donors (Lipinski definition) is 0. The van der Waals surface area contributed by atoms with Crippen LogP contribution in [0.15, 0.2) is 66.7 Å². The summed E-state index contributed by atoms with van der Waals surface area (Å²) < 4.78 is 0. The second kappa shape index (κ2) is 6.54. The Morgan fingerprint density at radius 2 is 1.35 bits per heavy atom. The Kier molecular flexibility index (Phi) is 3.97. The van der Waals surface area contributed by atoms with E-state index in [1.165, 1.54) is 32.7 Å². The van der Waals surface area contributed by atoms with Gasteiger partial charge in [0.05, 0.1) is 17.5 Å². The number of halogens is 1. The molecule has 3 nitrogen and oxygen atoms in total. The van der Waals surface area contributed by atoms with Gasteiger partial charge in [-0.25, -0.2) is 4.90 Å². The fourth-order valence-electron chi connectivity index (χ4n) is 5.97. The van der Waals surface area contributed by atoms with Crippen LogP contribution in [0.3, 0.4) is 0 Å². The average molecular weight is 428 g/mol. The summed E-state index contributed by atoms with van der Waals surface area (Å²) in [7, 11) is 0.